The van der Waals surface area contributed by atoms with Crippen molar-refractivity contribution >= 4 is 23.1 Å². The third-order valence-electron chi connectivity index (χ3n) is 6.69. The van der Waals surface area contributed by atoms with Gasteiger partial charge in [0.05, 0.1) is 38.0 Å². The first-order valence-electron chi connectivity index (χ1n) is 12.1. The Kier molecular flexibility index (Phi) is 7.25. The number of amides is 1. The van der Waals surface area contributed by atoms with Crippen molar-refractivity contribution in [2.75, 3.05) is 25.7 Å². The molecule has 0 aromatic heterocycles. The number of rotatable bonds is 7. The van der Waals surface area contributed by atoms with Crippen LogP contribution in [-0.2, 0) is 9.59 Å². The Morgan fingerprint density at radius 3 is 2.30 bits per heavy atom. The van der Waals surface area contributed by atoms with Crippen LogP contribution in [0.15, 0.2) is 60.2 Å². The van der Waals surface area contributed by atoms with Gasteiger partial charge >= 0.3 is 0 Å². The normalized spacial score (nSPS) is 16.7. The molecule has 0 radical (unpaired) electrons. The van der Waals surface area contributed by atoms with Crippen molar-refractivity contribution in [2.24, 2.45) is 0 Å². The van der Waals surface area contributed by atoms with Crippen LogP contribution in [0.5, 0.6) is 17.2 Å². The molecule has 192 valence electrons. The molecule has 1 aliphatic rings. The van der Waals surface area contributed by atoms with Crippen LogP contribution in [0.25, 0.3) is 5.76 Å². The van der Waals surface area contributed by atoms with Crippen molar-refractivity contribution in [2.45, 2.75) is 33.7 Å². The number of aryl methyl sites for hydroxylation is 2. The van der Waals surface area contributed by atoms with Gasteiger partial charge in [0.25, 0.3) is 11.7 Å². The van der Waals surface area contributed by atoms with Crippen molar-refractivity contribution in [3.8, 4) is 17.2 Å². The molecule has 0 spiro atoms. The molecule has 3 aromatic carbocycles. The van der Waals surface area contributed by atoms with E-state index in [1.54, 1.807) is 43.5 Å². The molecule has 1 amide bonds. The topological polar surface area (TPSA) is 85.3 Å². The minimum absolute atomic E-state index is 0.0255. The maximum Gasteiger partial charge on any atom is 0.300 e. The molecule has 1 fully saturated rings. The van der Waals surface area contributed by atoms with Crippen molar-refractivity contribution < 1.29 is 28.9 Å². The van der Waals surface area contributed by atoms with E-state index in [1.807, 2.05) is 45.9 Å². The maximum atomic E-state index is 13.6. The third-order valence-corrected chi connectivity index (χ3v) is 6.69. The van der Waals surface area contributed by atoms with Crippen LogP contribution >= 0.6 is 0 Å². The zero-order chi connectivity index (χ0) is 26.9. The van der Waals surface area contributed by atoms with E-state index in [9.17, 15) is 14.7 Å². The molecule has 3 aromatic rings. The molecule has 4 rings (SSSR count). The minimum Gasteiger partial charge on any atom is -0.507 e. The largest absolute Gasteiger partial charge is 0.507 e. The number of ketones is 1. The summed E-state index contributed by atoms with van der Waals surface area (Å²) in [4.78, 5) is 28.6. The van der Waals surface area contributed by atoms with Gasteiger partial charge in [-0.3, -0.25) is 14.5 Å². The van der Waals surface area contributed by atoms with Crippen LogP contribution in [0.4, 0.5) is 5.69 Å². The van der Waals surface area contributed by atoms with E-state index in [4.69, 9.17) is 14.2 Å². The number of aliphatic hydroxyl groups is 1. The zero-order valence-corrected chi connectivity index (χ0v) is 21.9. The number of hydrogen-bond acceptors (Lipinski definition) is 6. The highest BCUT2D eigenvalue weighted by atomic mass is 16.5. The summed E-state index contributed by atoms with van der Waals surface area (Å²) in [5.41, 5.74) is 4.20. The number of nitrogens with zero attached hydrogens (tertiary/aromatic N) is 1. The lowest BCUT2D eigenvalue weighted by molar-refractivity contribution is -0.132. The number of carbonyl (C=O) groups excluding carboxylic acids is 2. The third kappa shape index (κ3) is 4.53. The van der Waals surface area contributed by atoms with Crippen LogP contribution in [0, 0.1) is 20.8 Å². The van der Waals surface area contributed by atoms with Crippen molar-refractivity contribution in [1.29, 1.82) is 0 Å². The van der Waals surface area contributed by atoms with Crippen LogP contribution in [0.2, 0.25) is 0 Å². The summed E-state index contributed by atoms with van der Waals surface area (Å²) in [6.45, 7) is 7.99. The second kappa shape index (κ2) is 10.4. The van der Waals surface area contributed by atoms with E-state index in [0.717, 1.165) is 16.7 Å². The van der Waals surface area contributed by atoms with Crippen molar-refractivity contribution in [3.05, 3.63) is 88.0 Å². The number of carbonyl (C=O) groups is 2. The van der Waals surface area contributed by atoms with Gasteiger partial charge < -0.3 is 19.3 Å². The molecule has 0 aliphatic carbocycles. The fraction of sp³-hybridized carbons (Fsp3) is 0.267. The van der Waals surface area contributed by atoms with Crippen LogP contribution in [0.3, 0.4) is 0 Å². The number of benzene rings is 3. The number of aliphatic hydroxyl groups excluding tert-OH is 1. The van der Waals surface area contributed by atoms with Gasteiger partial charge in [0.2, 0.25) is 0 Å². The summed E-state index contributed by atoms with van der Waals surface area (Å²) >= 11 is 0. The molecular weight excluding hydrogens is 470 g/mol. The van der Waals surface area contributed by atoms with E-state index in [1.165, 1.54) is 12.0 Å². The van der Waals surface area contributed by atoms with Gasteiger partial charge in [0.1, 0.15) is 11.5 Å². The van der Waals surface area contributed by atoms with Crippen LogP contribution < -0.4 is 19.1 Å². The van der Waals surface area contributed by atoms with Gasteiger partial charge in [-0.2, -0.15) is 0 Å². The summed E-state index contributed by atoms with van der Waals surface area (Å²) < 4.78 is 16.7. The maximum absolute atomic E-state index is 13.6. The van der Waals surface area contributed by atoms with E-state index >= 15 is 0 Å². The highest BCUT2D eigenvalue weighted by molar-refractivity contribution is 6.51. The fourth-order valence-electron chi connectivity index (χ4n) is 4.68. The lowest BCUT2D eigenvalue weighted by atomic mass is 9.93. The number of Topliss-reactive ketones (excluding diaryl/α,β-unsaturated/α-hetero) is 1. The minimum atomic E-state index is -0.907. The molecule has 37 heavy (non-hydrogen) atoms. The number of methoxy groups -OCH3 is 2. The summed E-state index contributed by atoms with van der Waals surface area (Å²) in [6, 6.07) is 15.2. The van der Waals surface area contributed by atoms with E-state index in [-0.39, 0.29) is 11.3 Å². The van der Waals surface area contributed by atoms with Gasteiger partial charge in [-0.05, 0) is 74.7 Å². The number of anilines is 1. The van der Waals surface area contributed by atoms with Gasteiger partial charge in [0.15, 0.2) is 11.5 Å². The standard InChI is InChI=1S/C30H31NO6/c1-7-37-25-16-20(12-14-24(25)36-6)27-26(28(32)21-15-17(2)11-13-23(21)35-5)29(33)30(34)31(27)22-10-8-9-18(3)19(22)4/h8-16,27,32H,7H2,1-6H3/b28-26+. The molecule has 1 heterocycles. The average Bonchev–Trinajstić information content (AvgIpc) is 3.15. The Morgan fingerprint density at radius 1 is 0.919 bits per heavy atom. The number of hydrogen-bond donors (Lipinski definition) is 1. The quantitative estimate of drug-likeness (QED) is 0.256. The average molecular weight is 502 g/mol. The van der Waals surface area contributed by atoms with Crippen molar-refractivity contribution in [1.82, 2.24) is 0 Å². The first kappa shape index (κ1) is 25.8. The summed E-state index contributed by atoms with van der Waals surface area (Å²) in [7, 11) is 3.04. The van der Waals surface area contributed by atoms with Crippen LogP contribution in [0.1, 0.15) is 40.8 Å². The summed E-state index contributed by atoms with van der Waals surface area (Å²) in [5, 5.41) is 11.6. The second-order valence-corrected chi connectivity index (χ2v) is 8.94. The van der Waals surface area contributed by atoms with Gasteiger partial charge in [-0.1, -0.05) is 29.8 Å². The van der Waals surface area contributed by atoms with E-state index in [2.05, 4.69) is 0 Å². The SMILES string of the molecule is CCOc1cc(C2/C(=C(\O)c3cc(C)ccc3OC)C(=O)C(=O)N2c2cccc(C)c2C)ccc1OC. The molecule has 0 bridgehead atoms. The first-order chi connectivity index (χ1) is 17.7. The van der Waals surface area contributed by atoms with Gasteiger partial charge in [0, 0.05) is 5.69 Å². The summed E-state index contributed by atoms with van der Waals surface area (Å²) in [5.74, 6) is -0.409. The highest BCUT2D eigenvalue weighted by Gasteiger charge is 2.48. The molecule has 7 heteroatoms. The van der Waals surface area contributed by atoms with Gasteiger partial charge in [-0.15, -0.1) is 0 Å². The molecule has 1 atom stereocenters. The molecular formula is C30H31NO6. The van der Waals surface area contributed by atoms with Crippen LogP contribution in [-0.4, -0.2) is 37.6 Å². The Morgan fingerprint density at radius 2 is 1.62 bits per heavy atom. The lowest BCUT2D eigenvalue weighted by Crippen LogP contribution is -2.30. The highest BCUT2D eigenvalue weighted by Crippen LogP contribution is 2.46. The molecule has 1 aliphatic heterocycles. The Hall–Kier alpha value is -4.26. The van der Waals surface area contributed by atoms with Crippen molar-refractivity contribution in [3.63, 3.8) is 0 Å². The zero-order valence-electron chi connectivity index (χ0n) is 21.9. The first-order valence-corrected chi connectivity index (χ1v) is 12.1. The monoisotopic (exact) mass is 501 g/mol. The molecule has 1 N–H and O–H groups in total. The Bertz CT molecular complexity index is 1410. The van der Waals surface area contributed by atoms with E-state index < -0.39 is 17.7 Å². The van der Waals surface area contributed by atoms with Gasteiger partial charge in [-0.25, -0.2) is 0 Å². The summed E-state index contributed by atoms with van der Waals surface area (Å²) in [6.07, 6.45) is 0. The second-order valence-electron chi connectivity index (χ2n) is 8.94. The fourth-order valence-corrected chi connectivity index (χ4v) is 4.68. The Labute approximate surface area is 216 Å². The van der Waals surface area contributed by atoms with E-state index in [0.29, 0.717) is 40.7 Å². The number of ether oxygens (including phenoxy) is 3. The Balaban J connectivity index is 2.04. The predicted molar refractivity (Wildman–Crippen MR) is 143 cm³/mol. The predicted octanol–water partition coefficient (Wildman–Crippen LogP) is 5.65. The molecule has 1 unspecified atom stereocenters. The lowest BCUT2D eigenvalue weighted by Gasteiger charge is -2.28. The molecule has 1 saturated heterocycles. The molecule has 0 saturated carbocycles. The smallest absolute Gasteiger partial charge is 0.300 e. The molecule has 7 nitrogen and oxygen atoms in total.